The number of carbonyl (C=O) groups is 1. The molecular weight excluding hydrogens is 230 g/mol. The Hall–Kier alpha value is -1.09. The van der Waals surface area contributed by atoms with Crippen LogP contribution in [0.3, 0.4) is 0 Å². The molecule has 0 amide bonds. The van der Waals surface area contributed by atoms with Gasteiger partial charge in [-0.2, -0.15) is 0 Å². The minimum absolute atomic E-state index is 0.0965. The molecular formula is C10H8BrNO. The molecule has 2 aromatic rings. The number of Topliss-reactive ketones (excluding diaryl/α,β-unsaturated/α-hetero) is 1. The van der Waals surface area contributed by atoms with Gasteiger partial charge in [-0.25, -0.2) is 0 Å². The zero-order valence-corrected chi connectivity index (χ0v) is 8.68. The zero-order valence-electron chi connectivity index (χ0n) is 7.10. The Morgan fingerprint density at radius 3 is 2.85 bits per heavy atom. The van der Waals surface area contributed by atoms with E-state index in [0.29, 0.717) is 0 Å². The van der Waals surface area contributed by atoms with Gasteiger partial charge in [0.15, 0.2) is 5.78 Å². The first-order valence-electron chi connectivity index (χ1n) is 3.96. The molecule has 0 aliphatic carbocycles. The number of rotatable bonds is 1. The van der Waals surface area contributed by atoms with E-state index >= 15 is 0 Å². The predicted octanol–water partition coefficient (Wildman–Crippen LogP) is 3.13. The maximum absolute atomic E-state index is 11.1. The van der Waals surface area contributed by atoms with Gasteiger partial charge < -0.3 is 4.98 Å². The molecule has 0 saturated carbocycles. The summed E-state index contributed by atoms with van der Waals surface area (Å²) >= 11 is 3.35. The van der Waals surface area contributed by atoms with Crippen molar-refractivity contribution in [1.29, 1.82) is 0 Å². The molecule has 13 heavy (non-hydrogen) atoms. The number of ketones is 1. The van der Waals surface area contributed by atoms with Gasteiger partial charge in [0, 0.05) is 16.5 Å². The van der Waals surface area contributed by atoms with E-state index in [1.54, 1.807) is 6.92 Å². The Morgan fingerprint density at radius 2 is 2.15 bits per heavy atom. The van der Waals surface area contributed by atoms with Crippen molar-refractivity contribution in [2.24, 2.45) is 0 Å². The minimum Gasteiger partial charge on any atom is -0.349 e. The summed E-state index contributed by atoms with van der Waals surface area (Å²) in [5.41, 5.74) is 1.79. The highest BCUT2D eigenvalue weighted by atomic mass is 79.9. The summed E-state index contributed by atoms with van der Waals surface area (Å²) in [5.74, 6) is 0.0965. The maximum atomic E-state index is 11.1. The average molecular weight is 238 g/mol. The number of H-pyrrole nitrogens is 1. The van der Waals surface area contributed by atoms with Gasteiger partial charge in [0.05, 0.1) is 4.60 Å². The van der Waals surface area contributed by atoms with Crippen molar-refractivity contribution in [2.75, 3.05) is 0 Å². The van der Waals surface area contributed by atoms with E-state index in [0.717, 1.165) is 21.1 Å². The fourth-order valence-electron chi connectivity index (χ4n) is 1.32. The van der Waals surface area contributed by atoms with Crippen LogP contribution >= 0.6 is 15.9 Å². The van der Waals surface area contributed by atoms with Crippen LogP contribution in [0.25, 0.3) is 10.9 Å². The first kappa shape index (κ1) is 8.51. The lowest BCUT2D eigenvalue weighted by Crippen LogP contribution is -1.89. The van der Waals surface area contributed by atoms with E-state index in [9.17, 15) is 4.79 Å². The van der Waals surface area contributed by atoms with E-state index in [1.807, 2.05) is 24.3 Å². The average Bonchev–Trinajstić information content (AvgIpc) is 2.42. The van der Waals surface area contributed by atoms with Crippen molar-refractivity contribution < 1.29 is 4.79 Å². The molecule has 0 atom stereocenters. The molecule has 1 aromatic heterocycles. The number of benzene rings is 1. The van der Waals surface area contributed by atoms with Gasteiger partial charge in [-0.1, -0.05) is 0 Å². The van der Waals surface area contributed by atoms with Crippen LogP contribution in [-0.2, 0) is 0 Å². The van der Waals surface area contributed by atoms with Crippen LogP contribution in [0, 0.1) is 0 Å². The first-order chi connectivity index (χ1) is 6.16. The van der Waals surface area contributed by atoms with E-state index in [2.05, 4.69) is 20.9 Å². The standard InChI is InChI=1S/C10H8BrNO/c1-6(13)7-2-3-9-8(4-7)5-10(11)12-9/h2-5,12H,1H3. The van der Waals surface area contributed by atoms with Crippen LogP contribution < -0.4 is 0 Å². The molecule has 1 N–H and O–H groups in total. The fraction of sp³-hybridized carbons (Fsp3) is 0.100. The van der Waals surface area contributed by atoms with Gasteiger partial charge in [-0.05, 0) is 47.1 Å². The lowest BCUT2D eigenvalue weighted by Gasteiger charge is -1.94. The lowest BCUT2D eigenvalue weighted by atomic mass is 10.1. The van der Waals surface area contributed by atoms with E-state index < -0.39 is 0 Å². The monoisotopic (exact) mass is 237 g/mol. The number of nitrogens with one attached hydrogen (secondary N) is 1. The van der Waals surface area contributed by atoms with Gasteiger partial charge in [0.2, 0.25) is 0 Å². The van der Waals surface area contributed by atoms with Crippen LogP contribution in [0.15, 0.2) is 28.9 Å². The number of hydrogen-bond acceptors (Lipinski definition) is 1. The third-order valence-electron chi connectivity index (χ3n) is 1.99. The summed E-state index contributed by atoms with van der Waals surface area (Å²) in [7, 11) is 0. The third-order valence-corrected chi connectivity index (χ3v) is 2.42. The zero-order chi connectivity index (χ0) is 9.42. The summed E-state index contributed by atoms with van der Waals surface area (Å²) in [6.07, 6.45) is 0. The molecule has 1 heterocycles. The number of halogens is 1. The molecule has 2 rings (SSSR count). The van der Waals surface area contributed by atoms with Crippen LogP contribution in [0.2, 0.25) is 0 Å². The summed E-state index contributed by atoms with van der Waals surface area (Å²) < 4.78 is 0.934. The maximum Gasteiger partial charge on any atom is 0.159 e. The number of carbonyl (C=O) groups excluding carboxylic acids is 1. The summed E-state index contributed by atoms with van der Waals surface area (Å²) in [4.78, 5) is 14.2. The van der Waals surface area contributed by atoms with E-state index in [1.165, 1.54) is 0 Å². The molecule has 0 radical (unpaired) electrons. The molecule has 0 bridgehead atoms. The highest BCUT2D eigenvalue weighted by molar-refractivity contribution is 9.10. The summed E-state index contributed by atoms with van der Waals surface area (Å²) in [5, 5.41) is 1.06. The molecule has 0 spiro atoms. The number of aromatic amines is 1. The molecule has 66 valence electrons. The molecule has 0 saturated heterocycles. The first-order valence-corrected chi connectivity index (χ1v) is 4.75. The molecule has 1 aromatic carbocycles. The van der Waals surface area contributed by atoms with Crippen molar-refractivity contribution in [2.45, 2.75) is 6.92 Å². The Bertz CT molecular complexity index is 473. The van der Waals surface area contributed by atoms with Crippen LogP contribution in [0.1, 0.15) is 17.3 Å². The quantitative estimate of drug-likeness (QED) is 0.760. The molecule has 0 unspecified atom stereocenters. The van der Waals surface area contributed by atoms with Crippen molar-refractivity contribution in [3.05, 3.63) is 34.4 Å². The van der Waals surface area contributed by atoms with Crippen molar-refractivity contribution >= 4 is 32.6 Å². The Kier molecular flexibility index (Phi) is 1.96. The van der Waals surface area contributed by atoms with Gasteiger partial charge in [-0.15, -0.1) is 0 Å². The van der Waals surface area contributed by atoms with Gasteiger partial charge in [-0.3, -0.25) is 4.79 Å². The third kappa shape index (κ3) is 1.52. The Labute approximate surface area is 84.1 Å². The lowest BCUT2D eigenvalue weighted by molar-refractivity contribution is 0.101. The number of aromatic nitrogens is 1. The molecule has 0 aliphatic heterocycles. The van der Waals surface area contributed by atoms with Crippen LogP contribution in [0.4, 0.5) is 0 Å². The van der Waals surface area contributed by atoms with Gasteiger partial charge >= 0.3 is 0 Å². The van der Waals surface area contributed by atoms with Crippen LogP contribution in [0.5, 0.6) is 0 Å². The van der Waals surface area contributed by atoms with E-state index in [4.69, 9.17) is 0 Å². The molecule has 0 aliphatic rings. The largest absolute Gasteiger partial charge is 0.349 e. The Balaban J connectivity index is 2.67. The smallest absolute Gasteiger partial charge is 0.159 e. The van der Waals surface area contributed by atoms with Gasteiger partial charge in [0.25, 0.3) is 0 Å². The SMILES string of the molecule is CC(=O)c1ccc2[nH]c(Br)cc2c1. The highest BCUT2D eigenvalue weighted by Gasteiger charge is 2.02. The second kappa shape index (κ2) is 3.00. The van der Waals surface area contributed by atoms with Gasteiger partial charge in [0.1, 0.15) is 0 Å². The Morgan fingerprint density at radius 1 is 1.38 bits per heavy atom. The summed E-state index contributed by atoms with van der Waals surface area (Å²) in [6, 6.07) is 7.59. The van der Waals surface area contributed by atoms with Crippen LogP contribution in [-0.4, -0.2) is 10.8 Å². The van der Waals surface area contributed by atoms with E-state index in [-0.39, 0.29) is 5.78 Å². The fourth-order valence-corrected chi connectivity index (χ4v) is 1.78. The molecule has 3 heteroatoms. The normalized spacial score (nSPS) is 10.6. The number of fused-ring (bicyclic) bond motifs is 1. The highest BCUT2D eigenvalue weighted by Crippen LogP contribution is 2.20. The second-order valence-electron chi connectivity index (χ2n) is 2.98. The van der Waals surface area contributed by atoms with Crippen molar-refractivity contribution in [1.82, 2.24) is 4.98 Å². The predicted molar refractivity (Wildman–Crippen MR) is 56.0 cm³/mol. The summed E-state index contributed by atoms with van der Waals surface area (Å²) in [6.45, 7) is 1.57. The van der Waals surface area contributed by atoms with Crippen molar-refractivity contribution in [3.8, 4) is 0 Å². The minimum atomic E-state index is 0.0965. The number of hydrogen-bond donors (Lipinski definition) is 1. The second-order valence-corrected chi connectivity index (χ2v) is 3.83. The molecule has 0 fully saturated rings. The topological polar surface area (TPSA) is 32.9 Å². The van der Waals surface area contributed by atoms with Crippen molar-refractivity contribution in [3.63, 3.8) is 0 Å². The molecule has 2 nitrogen and oxygen atoms in total.